The van der Waals surface area contributed by atoms with Crippen LogP contribution in [-0.4, -0.2) is 6.16 Å². The molecule has 3 aromatic carbocycles. The Balaban J connectivity index is 2.43. The molecule has 0 fully saturated rings. The van der Waals surface area contributed by atoms with Crippen LogP contribution < -0.4 is 15.9 Å². The summed E-state index contributed by atoms with van der Waals surface area (Å²) in [5.41, 5.74) is 0. The first-order valence-corrected chi connectivity index (χ1v) is 11.0. The van der Waals surface area contributed by atoms with Gasteiger partial charge >= 0.3 is 143 Å². The summed E-state index contributed by atoms with van der Waals surface area (Å²) in [4.78, 5) is 0. The second-order valence-electron chi connectivity index (χ2n) is 5.66. The van der Waals surface area contributed by atoms with Crippen LogP contribution in [0.3, 0.4) is 0 Å². The van der Waals surface area contributed by atoms with Gasteiger partial charge in [0.2, 0.25) is 0 Å². The van der Waals surface area contributed by atoms with Crippen LogP contribution >= 0.6 is 17.2 Å². The Morgan fingerprint density at radius 3 is 1.22 bits per heavy atom. The van der Waals surface area contributed by atoms with Crippen molar-refractivity contribution in [2.45, 2.75) is 0 Å². The van der Waals surface area contributed by atoms with Crippen LogP contribution in [0.4, 0.5) is 0 Å². The summed E-state index contributed by atoms with van der Waals surface area (Å²) in [6.07, 6.45) is 2.68. The van der Waals surface area contributed by atoms with Crippen molar-refractivity contribution in [1.82, 2.24) is 0 Å². The van der Waals surface area contributed by atoms with E-state index in [4.69, 9.17) is 11.2 Å². The van der Waals surface area contributed by atoms with Crippen LogP contribution in [0.25, 0.3) is 0 Å². The molecule has 116 valence electrons. The van der Waals surface area contributed by atoms with E-state index in [9.17, 15) is 0 Å². The molecule has 0 aliphatic heterocycles. The summed E-state index contributed by atoms with van der Waals surface area (Å²) < 4.78 is 0. The van der Waals surface area contributed by atoms with Gasteiger partial charge in [-0.3, -0.25) is 0 Å². The molecule has 0 radical (unpaired) electrons. The van der Waals surface area contributed by atoms with Crippen molar-refractivity contribution >= 4 is 33.1 Å². The molecule has 0 aromatic heterocycles. The van der Waals surface area contributed by atoms with Crippen LogP contribution in [0.5, 0.6) is 0 Å². The van der Waals surface area contributed by atoms with Gasteiger partial charge in [-0.2, -0.15) is 0 Å². The molecule has 0 nitrogen and oxygen atoms in total. The molecule has 0 spiro atoms. The summed E-state index contributed by atoms with van der Waals surface area (Å²) in [6.45, 7) is 4.02. The van der Waals surface area contributed by atoms with Crippen molar-refractivity contribution in [3.63, 3.8) is 0 Å². The number of hydrogen-bond donors (Lipinski definition) is 0. The fourth-order valence-electron chi connectivity index (χ4n) is 3.22. The van der Waals surface area contributed by atoms with E-state index in [1.807, 2.05) is 24.3 Å². The molecule has 0 N–H and O–H groups in total. The zero-order valence-electron chi connectivity index (χ0n) is 13.0. The molecule has 0 saturated heterocycles. The summed E-state index contributed by atoms with van der Waals surface area (Å²) in [5.74, 6) is -3.08. The predicted molar refractivity (Wildman–Crippen MR) is 106 cm³/mol. The Kier molecular flexibility index (Phi) is 4.39. The van der Waals surface area contributed by atoms with Gasteiger partial charge in [-0.25, -0.2) is 0 Å². The molecule has 0 unspecified atom stereocenters. The Morgan fingerprint density at radius 1 is 0.652 bits per heavy atom. The summed E-state index contributed by atoms with van der Waals surface area (Å²) in [7, 11) is 0. The van der Waals surface area contributed by atoms with E-state index < -0.39 is 5.96 Å². The van der Waals surface area contributed by atoms with Gasteiger partial charge in [-0.15, -0.1) is 0 Å². The first kappa shape index (κ1) is 16.0. The van der Waals surface area contributed by atoms with E-state index >= 15 is 0 Å². The molecule has 3 rings (SSSR count). The third-order valence-electron chi connectivity index (χ3n) is 4.36. The maximum absolute atomic E-state index is 7.73. The predicted octanol–water partition coefficient (Wildman–Crippen LogP) is 4.86. The fraction of sp³-hybridized carbons (Fsp3) is 0.0476. The van der Waals surface area contributed by atoms with Crippen LogP contribution in [0.15, 0.2) is 104 Å². The van der Waals surface area contributed by atoms with Crippen LogP contribution in [0, 0.1) is 0 Å². The molecule has 0 heterocycles. The van der Waals surface area contributed by atoms with Gasteiger partial charge in [-0.1, -0.05) is 0 Å². The van der Waals surface area contributed by atoms with Gasteiger partial charge in [0.05, 0.1) is 0 Å². The molecule has 0 amide bonds. The monoisotopic (exact) mass is 338 g/mol. The number of allylic oxidation sites excluding steroid dienone is 1. The quantitative estimate of drug-likeness (QED) is 0.460. The standard InChI is InChI=1S/C21H20ClP/c1-2-18-23(22,19-12-6-3-7-13-19,20-14-8-4-9-15-20)21-16-10-5-11-17-21/h2-17H,1,18H2. The molecule has 0 saturated carbocycles. The van der Waals surface area contributed by atoms with Crippen LogP contribution in [0.1, 0.15) is 0 Å². The number of benzene rings is 3. The molecule has 23 heavy (non-hydrogen) atoms. The third kappa shape index (κ3) is 2.53. The first-order chi connectivity index (χ1) is 11.2. The van der Waals surface area contributed by atoms with E-state index in [-0.39, 0.29) is 0 Å². The van der Waals surface area contributed by atoms with Crippen molar-refractivity contribution in [2.75, 3.05) is 6.16 Å². The van der Waals surface area contributed by atoms with E-state index in [0.29, 0.717) is 0 Å². The molecule has 2 heteroatoms. The molecule has 0 aliphatic rings. The number of rotatable bonds is 5. The van der Waals surface area contributed by atoms with Crippen molar-refractivity contribution in [1.29, 1.82) is 0 Å². The molecule has 0 bridgehead atoms. The van der Waals surface area contributed by atoms with E-state index in [1.165, 1.54) is 15.9 Å². The van der Waals surface area contributed by atoms with E-state index in [0.717, 1.165) is 6.16 Å². The fourth-order valence-corrected chi connectivity index (χ4v) is 8.92. The maximum atomic E-state index is 7.73. The normalized spacial score (nSPS) is 13.0. The van der Waals surface area contributed by atoms with Gasteiger partial charge in [0.25, 0.3) is 0 Å². The topological polar surface area (TPSA) is 0 Å². The molecular weight excluding hydrogens is 319 g/mol. The second-order valence-corrected chi connectivity index (χ2v) is 12.2. The SMILES string of the molecule is C=CCP(Cl)(c1ccccc1)(c1ccccc1)c1ccccc1. The van der Waals surface area contributed by atoms with Crippen molar-refractivity contribution in [3.05, 3.63) is 104 Å². The zero-order chi connectivity index (χ0) is 16.2. The van der Waals surface area contributed by atoms with Crippen molar-refractivity contribution < 1.29 is 0 Å². The van der Waals surface area contributed by atoms with Gasteiger partial charge in [-0.05, 0) is 0 Å². The Morgan fingerprint density at radius 2 is 0.957 bits per heavy atom. The van der Waals surface area contributed by atoms with Gasteiger partial charge in [0, 0.05) is 0 Å². The average Bonchev–Trinajstić information content (AvgIpc) is 2.64. The van der Waals surface area contributed by atoms with Crippen LogP contribution in [0.2, 0.25) is 0 Å². The molecular formula is C21H20ClP. The minimum atomic E-state index is -3.08. The first-order valence-electron chi connectivity index (χ1n) is 7.70. The van der Waals surface area contributed by atoms with Crippen LogP contribution in [-0.2, 0) is 0 Å². The Bertz CT molecular complexity index is 682. The van der Waals surface area contributed by atoms with Gasteiger partial charge in [0.1, 0.15) is 0 Å². The average molecular weight is 339 g/mol. The summed E-state index contributed by atoms with van der Waals surface area (Å²) in [5, 5.41) is 3.53. The van der Waals surface area contributed by atoms with Crippen molar-refractivity contribution in [2.24, 2.45) is 0 Å². The van der Waals surface area contributed by atoms with Crippen molar-refractivity contribution in [3.8, 4) is 0 Å². The molecule has 3 aromatic rings. The van der Waals surface area contributed by atoms with Gasteiger partial charge < -0.3 is 0 Å². The Labute approximate surface area is 143 Å². The minimum absolute atomic E-state index is 0.727. The molecule has 0 aliphatic carbocycles. The zero-order valence-corrected chi connectivity index (χ0v) is 14.6. The summed E-state index contributed by atoms with van der Waals surface area (Å²) in [6, 6.07) is 31.4. The Hall–Kier alpha value is -1.88. The second kappa shape index (κ2) is 6.32. The molecule has 0 atom stereocenters. The van der Waals surface area contributed by atoms with Gasteiger partial charge in [0.15, 0.2) is 0 Å². The van der Waals surface area contributed by atoms with E-state index in [2.05, 4.69) is 79.4 Å². The third-order valence-corrected chi connectivity index (χ3v) is 11.6. The van der Waals surface area contributed by atoms with E-state index in [1.54, 1.807) is 0 Å². The number of hydrogen-bond acceptors (Lipinski definition) is 0. The number of halogens is 1. The summed E-state index contributed by atoms with van der Waals surface area (Å²) >= 11 is 7.73.